The Labute approximate surface area is 83.3 Å². The topological polar surface area (TPSA) is 38.9 Å². The molecule has 2 rings (SSSR count). The lowest BCUT2D eigenvalue weighted by atomic mass is 9.79. The summed E-state index contributed by atoms with van der Waals surface area (Å²) in [5.41, 5.74) is 6.42. The minimum absolute atomic E-state index is 0.118. The zero-order valence-electron chi connectivity index (χ0n) is 8.17. The summed E-state index contributed by atoms with van der Waals surface area (Å²) in [4.78, 5) is 3.77. The van der Waals surface area contributed by atoms with Crippen molar-refractivity contribution >= 4 is 0 Å². The van der Waals surface area contributed by atoms with E-state index in [2.05, 4.69) is 4.98 Å². The van der Waals surface area contributed by atoms with E-state index in [1.807, 2.05) is 0 Å². The van der Waals surface area contributed by atoms with Crippen molar-refractivity contribution in [1.29, 1.82) is 0 Å². The van der Waals surface area contributed by atoms with Gasteiger partial charge in [-0.15, -0.1) is 0 Å². The van der Waals surface area contributed by atoms with Crippen LogP contribution in [0.25, 0.3) is 0 Å². The molecule has 0 amide bonds. The average molecular weight is 194 g/mol. The lowest BCUT2D eigenvalue weighted by molar-refractivity contribution is 0.425. The van der Waals surface area contributed by atoms with Crippen LogP contribution in [0.5, 0.6) is 0 Å². The third-order valence-corrected chi connectivity index (χ3v) is 3.30. The van der Waals surface area contributed by atoms with E-state index >= 15 is 0 Å². The summed E-state index contributed by atoms with van der Waals surface area (Å²) in [6.45, 7) is 0.536. The summed E-state index contributed by atoms with van der Waals surface area (Å²) in [6, 6.07) is 1.77. The quantitative estimate of drug-likeness (QED) is 0.782. The number of nitrogens with zero attached hydrogens (tertiary/aromatic N) is 1. The molecule has 1 fully saturated rings. The molecule has 2 nitrogen and oxygen atoms in total. The van der Waals surface area contributed by atoms with Crippen LogP contribution in [0.15, 0.2) is 18.5 Å². The molecule has 0 unspecified atom stereocenters. The fraction of sp³-hybridized carbons (Fsp3) is 0.545. The van der Waals surface area contributed by atoms with Crippen molar-refractivity contribution in [3.05, 3.63) is 29.8 Å². The fourth-order valence-corrected chi connectivity index (χ4v) is 2.44. The standard InChI is InChI=1S/C11H15FN2/c12-10-7-14-6-3-9(10)11(8-13)4-1-2-5-11/h3,6-7H,1-2,4-5,8,13H2. The van der Waals surface area contributed by atoms with Gasteiger partial charge in [-0.25, -0.2) is 4.39 Å². The average Bonchev–Trinajstić information content (AvgIpc) is 2.68. The third kappa shape index (κ3) is 1.42. The van der Waals surface area contributed by atoms with E-state index in [4.69, 9.17) is 5.73 Å². The SMILES string of the molecule is NCC1(c2ccncc2F)CCCC1. The number of pyridine rings is 1. The van der Waals surface area contributed by atoms with Crippen molar-refractivity contribution in [3.63, 3.8) is 0 Å². The van der Waals surface area contributed by atoms with E-state index in [9.17, 15) is 4.39 Å². The molecule has 0 bridgehead atoms. The molecule has 3 heteroatoms. The molecule has 1 saturated carbocycles. The monoisotopic (exact) mass is 194 g/mol. The lowest BCUT2D eigenvalue weighted by Crippen LogP contribution is -2.33. The molecule has 1 heterocycles. The Bertz CT molecular complexity index is 319. The third-order valence-electron chi connectivity index (χ3n) is 3.30. The van der Waals surface area contributed by atoms with E-state index < -0.39 is 0 Å². The molecule has 14 heavy (non-hydrogen) atoms. The van der Waals surface area contributed by atoms with Gasteiger partial charge < -0.3 is 5.73 Å². The zero-order chi connectivity index (χ0) is 10.0. The number of nitrogens with two attached hydrogens (primary N) is 1. The largest absolute Gasteiger partial charge is 0.330 e. The number of rotatable bonds is 2. The summed E-state index contributed by atoms with van der Waals surface area (Å²) in [5, 5.41) is 0. The lowest BCUT2D eigenvalue weighted by Gasteiger charge is -2.27. The number of halogens is 1. The van der Waals surface area contributed by atoms with Crippen LogP contribution in [0, 0.1) is 5.82 Å². The molecule has 1 aromatic heterocycles. The van der Waals surface area contributed by atoms with Gasteiger partial charge in [0.25, 0.3) is 0 Å². The van der Waals surface area contributed by atoms with Crippen molar-refractivity contribution in [2.75, 3.05) is 6.54 Å². The molecular formula is C11H15FN2. The van der Waals surface area contributed by atoms with Crippen LogP contribution in [0.2, 0.25) is 0 Å². The summed E-state index contributed by atoms with van der Waals surface area (Å²) in [6.07, 6.45) is 7.24. The molecule has 0 saturated heterocycles. The predicted molar refractivity (Wildman–Crippen MR) is 53.4 cm³/mol. The molecular weight excluding hydrogens is 179 g/mol. The van der Waals surface area contributed by atoms with Gasteiger partial charge in [-0.05, 0) is 24.5 Å². The van der Waals surface area contributed by atoms with Crippen LogP contribution in [0.3, 0.4) is 0 Å². The summed E-state index contributed by atoms with van der Waals surface area (Å²) >= 11 is 0. The van der Waals surface area contributed by atoms with Gasteiger partial charge in [-0.2, -0.15) is 0 Å². The predicted octanol–water partition coefficient (Wildman–Crippen LogP) is 1.99. The van der Waals surface area contributed by atoms with Gasteiger partial charge in [0.15, 0.2) is 0 Å². The highest BCUT2D eigenvalue weighted by molar-refractivity contribution is 5.26. The number of hydrogen-bond donors (Lipinski definition) is 1. The van der Waals surface area contributed by atoms with Crippen LogP contribution < -0.4 is 5.73 Å². The molecule has 1 aliphatic carbocycles. The number of hydrogen-bond acceptors (Lipinski definition) is 2. The molecule has 0 spiro atoms. The summed E-state index contributed by atoms with van der Waals surface area (Å²) in [5.74, 6) is -0.208. The van der Waals surface area contributed by atoms with Gasteiger partial charge in [0.2, 0.25) is 0 Å². The first kappa shape index (κ1) is 9.59. The highest BCUT2D eigenvalue weighted by atomic mass is 19.1. The van der Waals surface area contributed by atoms with Gasteiger partial charge in [0, 0.05) is 18.2 Å². The second kappa shape index (κ2) is 3.65. The van der Waals surface area contributed by atoms with Crippen LogP contribution in [0.4, 0.5) is 4.39 Å². The van der Waals surface area contributed by atoms with Crippen LogP contribution in [-0.4, -0.2) is 11.5 Å². The minimum Gasteiger partial charge on any atom is -0.330 e. The molecule has 0 atom stereocenters. The van der Waals surface area contributed by atoms with Crippen LogP contribution in [-0.2, 0) is 5.41 Å². The summed E-state index contributed by atoms with van der Waals surface area (Å²) < 4.78 is 13.6. The minimum atomic E-state index is -0.208. The van der Waals surface area contributed by atoms with E-state index in [1.165, 1.54) is 6.20 Å². The van der Waals surface area contributed by atoms with Crippen molar-refractivity contribution < 1.29 is 4.39 Å². The van der Waals surface area contributed by atoms with E-state index in [0.29, 0.717) is 6.54 Å². The van der Waals surface area contributed by atoms with E-state index in [-0.39, 0.29) is 11.2 Å². The first-order chi connectivity index (χ1) is 6.78. The maximum Gasteiger partial charge on any atom is 0.145 e. The van der Waals surface area contributed by atoms with Gasteiger partial charge in [0.05, 0.1) is 6.20 Å². The van der Waals surface area contributed by atoms with E-state index in [1.54, 1.807) is 12.3 Å². The normalized spacial score (nSPS) is 19.9. The van der Waals surface area contributed by atoms with Gasteiger partial charge in [-0.1, -0.05) is 12.8 Å². The van der Waals surface area contributed by atoms with Gasteiger partial charge in [0.1, 0.15) is 5.82 Å². The van der Waals surface area contributed by atoms with E-state index in [0.717, 1.165) is 31.2 Å². The molecule has 2 N–H and O–H groups in total. The molecule has 0 radical (unpaired) electrons. The molecule has 1 aliphatic rings. The van der Waals surface area contributed by atoms with Crippen molar-refractivity contribution in [2.45, 2.75) is 31.1 Å². The van der Waals surface area contributed by atoms with Crippen molar-refractivity contribution in [3.8, 4) is 0 Å². The fourth-order valence-electron chi connectivity index (χ4n) is 2.44. The molecule has 1 aromatic rings. The van der Waals surface area contributed by atoms with Crippen LogP contribution >= 0.6 is 0 Å². The molecule has 0 aliphatic heterocycles. The Balaban J connectivity index is 2.41. The van der Waals surface area contributed by atoms with Gasteiger partial charge in [-0.3, -0.25) is 4.98 Å². The first-order valence-corrected chi connectivity index (χ1v) is 5.08. The van der Waals surface area contributed by atoms with Crippen molar-refractivity contribution in [2.24, 2.45) is 5.73 Å². The number of aromatic nitrogens is 1. The first-order valence-electron chi connectivity index (χ1n) is 5.08. The van der Waals surface area contributed by atoms with Crippen molar-refractivity contribution in [1.82, 2.24) is 4.98 Å². The Kier molecular flexibility index (Phi) is 2.50. The Morgan fingerprint density at radius 1 is 1.43 bits per heavy atom. The molecule has 0 aromatic carbocycles. The Morgan fingerprint density at radius 2 is 2.14 bits per heavy atom. The second-order valence-corrected chi connectivity index (χ2v) is 4.05. The smallest absolute Gasteiger partial charge is 0.145 e. The van der Waals surface area contributed by atoms with Crippen LogP contribution in [0.1, 0.15) is 31.2 Å². The Morgan fingerprint density at radius 3 is 2.71 bits per heavy atom. The highest BCUT2D eigenvalue weighted by Crippen LogP contribution is 2.40. The highest BCUT2D eigenvalue weighted by Gasteiger charge is 2.36. The maximum atomic E-state index is 13.6. The second-order valence-electron chi connectivity index (χ2n) is 4.05. The molecule has 76 valence electrons. The Hall–Kier alpha value is -0.960. The summed E-state index contributed by atoms with van der Waals surface area (Å²) in [7, 11) is 0. The maximum absolute atomic E-state index is 13.6. The zero-order valence-corrected chi connectivity index (χ0v) is 8.17. The van der Waals surface area contributed by atoms with Gasteiger partial charge >= 0.3 is 0 Å².